The molecule has 0 aliphatic carbocycles. The molecule has 1 saturated heterocycles. The Labute approximate surface area is 126 Å². The Balaban J connectivity index is 2.12. The molecular formula is C14H25N5O2. The molecule has 1 aliphatic heterocycles. The van der Waals surface area contributed by atoms with Crippen molar-refractivity contribution in [2.75, 3.05) is 37.0 Å². The molecule has 7 nitrogen and oxygen atoms in total. The standard InChI is InChI=1S/C14H25N5O2/c1-5-15-12-16-13(18-14(17-12)21-10(2)3)19(4)9-11-7-6-8-20-11/h10-11H,5-9H2,1-4H3,(H,15,16,17,18). The van der Waals surface area contributed by atoms with Crippen LogP contribution in [0, 0.1) is 0 Å². The molecule has 0 aromatic carbocycles. The van der Waals surface area contributed by atoms with E-state index in [2.05, 4.69) is 20.3 Å². The normalized spacial score (nSPS) is 18.0. The summed E-state index contributed by atoms with van der Waals surface area (Å²) < 4.78 is 11.3. The molecule has 0 spiro atoms. The summed E-state index contributed by atoms with van der Waals surface area (Å²) in [6, 6.07) is 0.352. The summed E-state index contributed by atoms with van der Waals surface area (Å²) in [6.45, 7) is 8.28. The van der Waals surface area contributed by atoms with Gasteiger partial charge in [0.05, 0.1) is 12.2 Å². The van der Waals surface area contributed by atoms with Gasteiger partial charge in [-0.15, -0.1) is 0 Å². The van der Waals surface area contributed by atoms with E-state index in [1.807, 2.05) is 32.7 Å². The first-order valence-corrected chi connectivity index (χ1v) is 7.57. The fourth-order valence-electron chi connectivity index (χ4n) is 2.19. The van der Waals surface area contributed by atoms with Crippen LogP contribution in [0.2, 0.25) is 0 Å². The third kappa shape index (κ3) is 4.70. The summed E-state index contributed by atoms with van der Waals surface area (Å²) in [4.78, 5) is 15.1. The number of ether oxygens (including phenoxy) is 2. The highest BCUT2D eigenvalue weighted by Crippen LogP contribution is 2.18. The van der Waals surface area contributed by atoms with Gasteiger partial charge >= 0.3 is 6.01 Å². The van der Waals surface area contributed by atoms with Crippen LogP contribution in [0.4, 0.5) is 11.9 Å². The van der Waals surface area contributed by atoms with Gasteiger partial charge in [-0.05, 0) is 33.6 Å². The number of rotatable bonds is 7. The molecule has 0 bridgehead atoms. The summed E-state index contributed by atoms with van der Waals surface area (Å²) in [5, 5.41) is 3.11. The zero-order valence-electron chi connectivity index (χ0n) is 13.3. The molecule has 2 heterocycles. The average molecular weight is 295 g/mol. The summed E-state index contributed by atoms with van der Waals surface area (Å²) >= 11 is 0. The van der Waals surface area contributed by atoms with Crippen molar-refractivity contribution in [1.82, 2.24) is 15.0 Å². The van der Waals surface area contributed by atoms with Gasteiger partial charge in [-0.2, -0.15) is 15.0 Å². The lowest BCUT2D eigenvalue weighted by atomic mass is 10.2. The number of hydrogen-bond donors (Lipinski definition) is 1. The Kier molecular flexibility index (Phi) is 5.55. The van der Waals surface area contributed by atoms with Gasteiger partial charge in [0.2, 0.25) is 11.9 Å². The van der Waals surface area contributed by atoms with Gasteiger partial charge in [-0.1, -0.05) is 0 Å². The van der Waals surface area contributed by atoms with Crippen LogP contribution in [0.3, 0.4) is 0 Å². The maximum absolute atomic E-state index is 5.66. The van der Waals surface area contributed by atoms with Crippen molar-refractivity contribution in [1.29, 1.82) is 0 Å². The summed E-state index contributed by atoms with van der Waals surface area (Å²) in [5.41, 5.74) is 0. The second-order valence-corrected chi connectivity index (χ2v) is 5.45. The highest BCUT2D eigenvalue weighted by molar-refractivity contribution is 5.37. The van der Waals surface area contributed by atoms with E-state index in [0.717, 1.165) is 32.5 Å². The van der Waals surface area contributed by atoms with Gasteiger partial charge in [0.25, 0.3) is 0 Å². The van der Waals surface area contributed by atoms with Crippen molar-refractivity contribution in [3.8, 4) is 6.01 Å². The maximum Gasteiger partial charge on any atom is 0.323 e. The van der Waals surface area contributed by atoms with Crippen LogP contribution in [0.15, 0.2) is 0 Å². The zero-order valence-corrected chi connectivity index (χ0v) is 13.3. The minimum atomic E-state index is 0.0261. The van der Waals surface area contributed by atoms with Gasteiger partial charge in [0, 0.05) is 26.7 Å². The van der Waals surface area contributed by atoms with Crippen LogP contribution in [0.1, 0.15) is 33.6 Å². The predicted octanol–water partition coefficient (Wildman–Crippen LogP) is 1.71. The largest absolute Gasteiger partial charge is 0.461 e. The Morgan fingerprint density at radius 2 is 2.19 bits per heavy atom. The highest BCUT2D eigenvalue weighted by atomic mass is 16.5. The van der Waals surface area contributed by atoms with Gasteiger partial charge in [-0.25, -0.2) is 0 Å². The van der Waals surface area contributed by atoms with Crippen molar-refractivity contribution in [2.45, 2.75) is 45.8 Å². The molecule has 1 unspecified atom stereocenters. The second kappa shape index (κ2) is 7.40. The first-order valence-electron chi connectivity index (χ1n) is 7.57. The average Bonchev–Trinajstić information content (AvgIpc) is 2.91. The Morgan fingerprint density at radius 1 is 1.38 bits per heavy atom. The molecule has 0 saturated carbocycles. The maximum atomic E-state index is 5.66. The molecule has 1 atom stereocenters. The summed E-state index contributed by atoms with van der Waals surface area (Å²) in [6.07, 6.45) is 2.49. The van der Waals surface area contributed by atoms with Crippen molar-refractivity contribution < 1.29 is 9.47 Å². The lowest BCUT2D eigenvalue weighted by Crippen LogP contribution is -2.30. The number of aromatic nitrogens is 3. The SMILES string of the molecule is CCNc1nc(OC(C)C)nc(N(C)CC2CCCO2)n1. The van der Waals surface area contributed by atoms with E-state index < -0.39 is 0 Å². The number of hydrogen-bond acceptors (Lipinski definition) is 7. The van der Waals surface area contributed by atoms with Crippen LogP contribution >= 0.6 is 0 Å². The van der Waals surface area contributed by atoms with Gasteiger partial charge < -0.3 is 19.7 Å². The van der Waals surface area contributed by atoms with E-state index >= 15 is 0 Å². The number of nitrogens with one attached hydrogen (secondary N) is 1. The number of anilines is 2. The molecule has 21 heavy (non-hydrogen) atoms. The van der Waals surface area contributed by atoms with Crippen LogP contribution in [0.25, 0.3) is 0 Å². The van der Waals surface area contributed by atoms with E-state index in [1.54, 1.807) is 0 Å². The van der Waals surface area contributed by atoms with Crippen molar-refractivity contribution >= 4 is 11.9 Å². The lowest BCUT2D eigenvalue weighted by Gasteiger charge is -2.21. The molecule has 118 valence electrons. The predicted molar refractivity (Wildman–Crippen MR) is 82.0 cm³/mol. The van der Waals surface area contributed by atoms with Crippen molar-refractivity contribution in [3.63, 3.8) is 0 Å². The highest BCUT2D eigenvalue weighted by Gasteiger charge is 2.20. The molecule has 7 heteroatoms. The number of nitrogens with zero attached hydrogens (tertiary/aromatic N) is 4. The molecule has 0 amide bonds. The zero-order chi connectivity index (χ0) is 15.2. The monoisotopic (exact) mass is 295 g/mol. The van der Waals surface area contributed by atoms with Crippen molar-refractivity contribution in [3.05, 3.63) is 0 Å². The first kappa shape index (κ1) is 15.8. The van der Waals surface area contributed by atoms with E-state index in [4.69, 9.17) is 9.47 Å². The molecule has 1 aromatic rings. The van der Waals surface area contributed by atoms with Crippen LogP contribution in [-0.4, -0.2) is 53.9 Å². The molecule has 1 aliphatic rings. The summed E-state index contributed by atoms with van der Waals surface area (Å²) in [5.74, 6) is 1.14. The van der Waals surface area contributed by atoms with Gasteiger partial charge in [0.15, 0.2) is 0 Å². The quantitative estimate of drug-likeness (QED) is 0.821. The smallest absolute Gasteiger partial charge is 0.323 e. The molecule has 1 N–H and O–H groups in total. The van der Waals surface area contributed by atoms with Gasteiger partial charge in [0.1, 0.15) is 0 Å². The second-order valence-electron chi connectivity index (χ2n) is 5.45. The van der Waals surface area contributed by atoms with Crippen LogP contribution < -0.4 is 15.0 Å². The summed E-state index contributed by atoms with van der Waals surface area (Å²) in [7, 11) is 1.96. The molecule has 1 fully saturated rings. The Bertz CT molecular complexity index is 449. The first-order chi connectivity index (χ1) is 10.1. The topological polar surface area (TPSA) is 72.4 Å². The van der Waals surface area contributed by atoms with Crippen LogP contribution in [-0.2, 0) is 4.74 Å². The molecule has 2 rings (SSSR count). The van der Waals surface area contributed by atoms with E-state index in [-0.39, 0.29) is 12.2 Å². The Hall–Kier alpha value is -1.63. The molecule has 0 radical (unpaired) electrons. The van der Waals surface area contributed by atoms with E-state index in [0.29, 0.717) is 17.9 Å². The van der Waals surface area contributed by atoms with Crippen molar-refractivity contribution in [2.24, 2.45) is 0 Å². The fraction of sp³-hybridized carbons (Fsp3) is 0.786. The minimum Gasteiger partial charge on any atom is -0.461 e. The van der Waals surface area contributed by atoms with E-state index in [9.17, 15) is 0 Å². The fourth-order valence-corrected chi connectivity index (χ4v) is 2.19. The van der Waals surface area contributed by atoms with Gasteiger partial charge in [-0.3, -0.25) is 0 Å². The van der Waals surface area contributed by atoms with E-state index in [1.165, 1.54) is 0 Å². The minimum absolute atomic E-state index is 0.0261. The molecule has 1 aromatic heterocycles. The lowest BCUT2D eigenvalue weighted by molar-refractivity contribution is 0.116. The number of likely N-dealkylation sites (N-methyl/N-ethyl adjacent to an activating group) is 1. The van der Waals surface area contributed by atoms with Crippen LogP contribution in [0.5, 0.6) is 6.01 Å². The third-order valence-electron chi connectivity index (χ3n) is 3.12. The Morgan fingerprint density at radius 3 is 2.81 bits per heavy atom. The third-order valence-corrected chi connectivity index (χ3v) is 3.12. The molecular weight excluding hydrogens is 270 g/mol.